The predicted octanol–water partition coefficient (Wildman–Crippen LogP) is 1.16. The van der Waals surface area contributed by atoms with Crippen molar-refractivity contribution in [3.05, 3.63) is 23.7 Å². The number of pyridine rings is 1. The highest BCUT2D eigenvalue weighted by molar-refractivity contribution is 5.73. The molecule has 14 heavy (non-hydrogen) atoms. The van der Waals surface area contributed by atoms with Gasteiger partial charge in [0.2, 0.25) is 5.71 Å². The van der Waals surface area contributed by atoms with Gasteiger partial charge in [0.05, 0.1) is 6.42 Å². The molecule has 0 spiro atoms. The second-order valence-electron chi connectivity index (χ2n) is 2.97. The van der Waals surface area contributed by atoms with Crippen molar-refractivity contribution >= 4 is 17.2 Å². The number of nitrogens with zero attached hydrogens (tertiary/aromatic N) is 2. The third kappa shape index (κ3) is 1.56. The highest BCUT2D eigenvalue weighted by atomic mass is 16.4. The van der Waals surface area contributed by atoms with Gasteiger partial charge in [-0.15, -0.1) is 0 Å². The molecule has 0 fully saturated rings. The van der Waals surface area contributed by atoms with Gasteiger partial charge in [0, 0.05) is 13.1 Å². The van der Waals surface area contributed by atoms with Crippen LogP contribution in [0.1, 0.15) is 11.5 Å². The zero-order valence-corrected chi connectivity index (χ0v) is 7.52. The van der Waals surface area contributed by atoms with Crippen LogP contribution in [0.2, 0.25) is 0 Å². The fourth-order valence-electron chi connectivity index (χ4n) is 1.24. The van der Waals surface area contributed by atoms with Crippen LogP contribution in [-0.2, 0) is 11.2 Å². The summed E-state index contributed by atoms with van der Waals surface area (Å²) in [7, 11) is 0. The Morgan fingerprint density at radius 1 is 1.64 bits per heavy atom. The summed E-state index contributed by atoms with van der Waals surface area (Å²) >= 11 is 0. The minimum absolute atomic E-state index is 0.0468. The van der Waals surface area contributed by atoms with E-state index in [1.54, 1.807) is 13.0 Å². The Labute approximate surface area is 79.4 Å². The van der Waals surface area contributed by atoms with Gasteiger partial charge in [0.15, 0.2) is 5.89 Å². The molecule has 72 valence electrons. The van der Waals surface area contributed by atoms with E-state index in [2.05, 4.69) is 9.97 Å². The topological polar surface area (TPSA) is 76.2 Å². The van der Waals surface area contributed by atoms with Crippen molar-refractivity contribution in [1.82, 2.24) is 9.97 Å². The molecule has 0 atom stereocenters. The molecule has 0 aromatic carbocycles. The number of carboxylic acids is 1. The molecule has 2 heterocycles. The molecule has 0 aliphatic heterocycles. The van der Waals surface area contributed by atoms with Crippen molar-refractivity contribution in [3.63, 3.8) is 0 Å². The summed E-state index contributed by atoms with van der Waals surface area (Å²) in [6.45, 7) is 1.72. The molecule has 2 aromatic heterocycles. The van der Waals surface area contributed by atoms with Crippen molar-refractivity contribution in [2.24, 2.45) is 0 Å². The predicted molar refractivity (Wildman–Crippen MR) is 47.9 cm³/mol. The van der Waals surface area contributed by atoms with E-state index in [1.165, 1.54) is 6.20 Å². The summed E-state index contributed by atoms with van der Waals surface area (Å²) in [5, 5.41) is 8.57. The van der Waals surface area contributed by atoms with Gasteiger partial charge < -0.3 is 9.52 Å². The lowest BCUT2D eigenvalue weighted by Crippen LogP contribution is -2.00. The summed E-state index contributed by atoms with van der Waals surface area (Å²) in [6, 6.07) is 1.67. The van der Waals surface area contributed by atoms with Crippen molar-refractivity contribution in [2.45, 2.75) is 13.3 Å². The highest BCUT2D eigenvalue weighted by Gasteiger charge is 2.06. The molecule has 2 aromatic rings. The molecule has 0 saturated heterocycles. The minimum atomic E-state index is -0.883. The number of aryl methyl sites for hydroxylation is 1. The number of hydrogen-bond donors (Lipinski definition) is 1. The van der Waals surface area contributed by atoms with Crippen molar-refractivity contribution in [1.29, 1.82) is 0 Å². The van der Waals surface area contributed by atoms with Gasteiger partial charge in [-0.05, 0) is 11.6 Å². The van der Waals surface area contributed by atoms with E-state index in [0.717, 1.165) is 0 Å². The lowest BCUT2D eigenvalue weighted by molar-refractivity contribution is -0.136. The average molecular weight is 192 g/mol. The molecule has 0 bridgehead atoms. The SMILES string of the molecule is Cc1nc2cc(CC(=O)O)cnc2o1. The molecule has 0 radical (unpaired) electrons. The Balaban J connectivity index is 2.45. The first-order valence-corrected chi connectivity index (χ1v) is 4.09. The summed E-state index contributed by atoms with van der Waals surface area (Å²) in [5.41, 5.74) is 1.66. The molecular formula is C9H8N2O3. The summed E-state index contributed by atoms with van der Waals surface area (Å²) in [5.74, 6) is -0.355. The van der Waals surface area contributed by atoms with Crippen LogP contribution in [0.3, 0.4) is 0 Å². The molecule has 2 rings (SSSR count). The van der Waals surface area contributed by atoms with Gasteiger partial charge in [0.1, 0.15) is 5.52 Å². The second kappa shape index (κ2) is 3.10. The molecule has 0 aliphatic rings. The number of oxazole rings is 1. The number of carboxylic acid groups (broad SMARTS) is 1. The Bertz CT molecular complexity index is 490. The standard InChI is InChI=1S/C9H8N2O3/c1-5-11-7-2-6(3-8(12)13)4-10-9(7)14-5/h2,4H,3H2,1H3,(H,12,13). The molecule has 0 saturated carbocycles. The molecule has 5 heteroatoms. The molecule has 0 unspecified atom stereocenters. The van der Waals surface area contributed by atoms with E-state index in [0.29, 0.717) is 22.7 Å². The van der Waals surface area contributed by atoms with Gasteiger partial charge in [-0.2, -0.15) is 0 Å². The van der Waals surface area contributed by atoms with Gasteiger partial charge in [-0.3, -0.25) is 4.79 Å². The van der Waals surface area contributed by atoms with E-state index < -0.39 is 5.97 Å². The Hall–Kier alpha value is -1.91. The molecular weight excluding hydrogens is 184 g/mol. The Morgan fingerprint density at radius 3 is 3.14 bits per heavy atom. The maximum Gasteiger partial charge on any atom is 0.307 e. The fraction of sp³-hybridized carbons (Fsp3) is 0.222. The highest BCUT2D eigenvalue weighted by Crippen LogP contribution is 2.13. The van der Waals surface area contributed by atoms with Gasteiger partial charge in [-0.25, -0.2) is 9.97 Å². The van der Waals surface area contributed by atoms with E-state index in [1.807, 2.05) is 0 Å². The molecule has 0 amide bonds. The summed E-state index contributed by atoms with van der Waals surface area (Å²) in [6.07, 6.45) is 1.44. The van der Waals surface area contributed by atoms with Gasteiger partial charge in [-0.1, -0.05) is 0 Å². The van der Waals surface area contributed by atoms with Gasteiger partial charge >= 0.3 is 5.97 Å². The molecule has 1 N–H and O–H groups in total. The second-order valence-corrected chi connectivity index (χ2v) is 2.97. The largest absolute Gasteiger partial charge is 0.481 e. The third-order valence-electron chi connectivity index (χ3n) is 1.77. The van der Waals surface area contributed by atoms with Crippen LogP contribution in [0.15, 0.2) is 16.7 Å². The van der Waals surface area contributed by atoms with Crippen LogP contribution in [0.25, 0.3) is 11.2 Å². The fourth-order valence-corrected chi connectivity index (χ4v) is 1.24. The smallest absolute Gasteiger partial charge is 0.307 e. The number of rotatable bonds is 2. The van der Waals surface area contributed by atoms with E-state index in [-0.39, 0.29) is 6.42 Å². The minimum Gasteiger partial charge on any atom is -0.481 e. The maximum absolute atomic E-state index is 10.4. The van der Waals surface area contributed by atoms with Crippen LogP contribution in [-0.4, -0.2) is 21.0 Å². The summed E-state index contributed by atoms with van der Waals surface area (Å²) < 4.78 is 5.16. The number of carbonyl (C=O) groups is 1. The lowest BCUT2D eigenvalue weighted by Gasteiger charge is -1.93. The normalized spacial score (nSPS) is 10.6. The van der Waals surface area contributed by atoms with E-state index in [9.17, 15) is 4.79 Å². The van der Waals surface area contributed by atoms with E-state index >= 15 is 0 Å². The van der Waals surface area contributed by atoms with Gasteiger partial charge in [0.25, 0.3) is 0 Å². The lowest BCUT2D eigenvalue weighted by atomic mass is 10.2. The monoisotopic (exact) mass is 192 g/mol. The Kier molecular flexibility index (Phi) is 1.92. The van der Waals surface area contributed by atoms with Crippen LogP contribution in [0, 0.1) is 6.92 Å². The third-order valence-corrected chi connectivity index (χ3v) is 1.77. The average Bonchev–Trinajstić information content (AvgIpc) is 2.42. The number of aliphatic carboxylic acids is 1. The van der Waals surface area contributed by atoms with Crippen LogP contribution in [0.5, 0.6) is 0 Å². The molecule has 5 nitrogen and oxygen atoms in total. The first-order valence-electron chi connectivity index (χ1n) is 4.09. The van der Waals surface area contributed by atoms with Crippen LogP contribution < -0.4 is 0 Å². The first kappa shape index (κ1) is 8.68. The maximum atomic E-state index is 10.4. The first-order chi connectivity index (χ1) is 6.65. The van der Waals surface area contributed by atoms with Crippen molar-refractivity contribution < 1.29 is 14.3 Å². The zero-order valence-electron chi connectivity index (χ0n) is 7.52. The van der Waals surface area contributed by atoms with E-state index in [4.69, 9.17) is 9.52 Å². The number of aromatic nitrogens is 2. The summed E-state index contributed by atoms with van der Waals surface area (Å²) in [4.78, 5) is 18.5. The number of fused-ring (bicyclic) bond motifs is 1. The zero-order chi connectivity index (χ0) is 10.1. The van der Waals surface area contributed by atoms with Crippen molar-refractivity contribution in [2.75, 3.05) is 0 Å². The number of hydrogen-bond acceptors (Lipinski definition) is 4. The van der Waals surface area contributed by atoms with Crippen molar-refractivity contribution in [3.8, 4) is 0 Å². The quantitative estimate of drug-likeness (QED) is 0.772. The Morgan fingerprint density at radius 2 is 2.43 bits per heavy atom. The van der Waals surface area contributed by atoms with Crippen LogP contribution >= 0.6 is 0 Å². The van der Waals surface area contributed by atoms with Crippen LogP contribution in [0.4, 0.5) is 0 Å². The molecule has 0 aliphatic carbocycles.